The van der Waals surface area contributed by atoms with Crippen molar-refractivity contribution in [3.8, 4) is 17.6 Å². The maximum absolute atomic E-state index is 9.89. The summed E-state index contributed by atoms with van der Waals surface area (Å²) >= 11 is 0. The van der Waals surface area contributed by atoms with E-state index >= 15 is 0 Å². The van der Waals surface area contributed by atoms with Gasteiger partial charge in [0.05, 0.1) is 13.0 Å². The largest absolute Gasteiger partial charge is 0.497 e. The highest BCUT2D eigenvalue weighted by atomic mass is 16.5. The Morgan fingerprint density at radius 2 is 1.84 bits per heavy atom. The van der Waals surface area contributed by atoms with Gasteiger partial charge in [-0.15, -0.1) is 0 Å². The summed E-state index contributed by atoms with van der Waals surface area (Å²) in [6, 6.07) is 22.3. The lowest BCUT2D eigenvalue weighted by molar-refractivity contribution is 0.395. The molecule has 0 saturated carbocycles. The molecular formula is C27H20N2O2. The fourth-order valence-corrected chi connectivity index (χ4v) is 4.22. The molecule has 3 aromatic rings. The molecular weight excluding hydrogens is 384 g/mol. The summed E-state index contributed by atoms with van der Waals surface area (Å²) < 4.78 is 11.1. The Morgan fingerprint density at radius 1 is 1.03 bits per heavy atom. The number of nitriles is 1. The summed E-state index contributed by atoms with van der Waals surface area (Å²) in [6.07, 6.45) is 8.33. The van der Waals surface area contributed by atoms with E-state index in [1.807, 2.05) is 48.5 Å². The summed E-state index contributed by atoms with van der Waals surface area (Å²) in [5.41, 5.74) is 10.7. The standard InChI is InChI=1S/C27H20N2O2/c1-30-21-11-7-17(8-12-21)14-18-6-9-20(15-18)25-23(16-28)27(29)31-24-13-10-19-4-2-3-5-22(19)26(24)25/h2-15,25H,29H2,1H3/b18-14+. The molecule has 0 spiro atoms. The van der Waals surface area contributed by atoms with Crippen molar-refractivity contribution in [2.24, 2.45) is 5.73 Å². The van der Waals surface area contributed by atoms with Gasteiger partial charge < -0.3 is 15.2 Å². The van der Waals surface area contributed by atoms with Gasteiger partial charge in [0.15, 0.2) is 0 Å². The van der Waals surface area contributed by atoms with E-state index in [2.05, 4.69) is 42.5 Å². The molecule has 0 radical (unpaired) electrons. The number of ether oxygens (including phenoxy) is 2. The summed E-state index contributed by atoms with van der Waals surface area (Å²) in [5, 5.41) is 12.1. The monoisotopic (exact) mass is 404 g/mol. The zero-order chi connectivity index (χ0) is 21.4. The van der Waals surface area contributed by atoms with Gasteiger partial charge in [0.2, 0.25) is 5.88 Å². The minimum atomic E-state index is -0.280. The predicted molar refractivity (Wildman–Crippen MR) is 122 cm³/mol. The molecule has 1 aliphatic carbocycles. The summed E-state index contributed by atoms with van der Waals surface area (Å²) in [4.78, 5) is 0. The highest BCUT2D eigenvalue weighted by Gasteiger charge is 2.33. The molecule has 0 saturated heterocycles. The lowest BCUT2D eigenvalue weighted by Gasteiger charge is -2.27. The van der Waals surface area contributed by atoms with E-state index in [1.54, 1.807) is 7.11 Å². The van der Waals surface area contributed by atoms with Gasteiger partial charge in [-0.2, -0.15) is 5.26 Å². The van der Waals surface area contributed by atoms with Crippen LogP contribution in [-0.4, -0.2) is 7.11 Å². The fourth-order valence-electron chi connectivity index (χ4n) is 4.22. The fraction of sp³-hybridized carbons (Fsp3) is 0.0741. The molecule has 2 N–H and O–H groups in total. The van der Waals surface area contributed by atoms with Crippen LogP contribution in [0.4, 0.5) is 0 Å². The second kappa shape index (κ2) is 7.55. The number of methoxy groups -OCH3 is 1. The van der Waals surface area contributed by atoms with E-state index in [9.17, 15) is 5.26 Å². The topological polar surface area (TPSA) is 68.3 Å². The van der Waals surface area contributed by atoms with Crippen LogP contribution in [0.2, 0.25) is 0 Å². The average Bonchev–Trinajstić information content (AvgIpc) is 3.26. The molecule has 0 bridgehead atoms. The van der Waals surface area contributed by atoms with E-state index in [1.165, 1.54) is 0 Å². The Kier molecular flexibility index (Phi) is 4.57. The van der Waals surface area contributed by atoms with Crippen LogP contribution >= 0.6 is 0 Å². The molecule has 1 unspecified atom stereocenters. The molecule has 1 heterocycles. The van der Waals surface area contributed by atoms with Crippen molar-refractivity contribution in [1.29, 1.82) is 5.26 Å². The van der Waals surface area contributed by atoms with Gasteiger partial charge in [0.1, 0.15) is 23.1 Å². The van der Waals surface area contributed by atoms with Gasteiger partial charge >= 0.3 is 0 Å². The molecule has 1 aliphatic heterocycles. The van der Waals surface area contributed by atoms with Crippen LogP contribution in [0.25, 0.3) is 16.8 Å². The molecule has 2 aliphatic rings. The molecule has 31 heavy (non-hydrogen) atoms. The molecule has 1 atom stereocenters. The van der Waals surface area contributed by atoms with Gasteiger partial charge in [0, 0.05) is 5.56 Å². The number of nitrogens with zero attached hydrogens (tertiary/aromatic N) is 1. The van der Waals surface area contributed by atoms with Gasteiger partial charge in [-0.05, 0) is 51.8 Å². The first-order valence-electron chi connectivity index (χ1n) is 10.0. The summed E-state index contributed by atoms with van der Waals surface area (Å²) in [5.74, 6) is 1.41. The van der Waals surface area contributed by atoms with Gasteiger partial charge in [0.25, 0.3) is 0 Å². The molecule has 4 heteroatoms. The van der Waals surface area contributed by atoms with Crippen LogP contribution in [0.3, 0.4) is 0 Å². The second-order valence-electron chi connectivity index (χ2n) is 7.52. The van der Waals surface area contributed by atoms with E-state index in [-0.39, 0.29) is 11.8 Å². The molecule has 0 amide bonds. The molecule has 3 aromatic carbocycles. The Morgan fingerprint density at radius 3 is 2.61 bits per heavy atom. The van der Waals surface area contributed by atoms with Crippen molar-refractivity contribution in [3.63, 3.8) is 0 Å². The first kappa shape index (κ1) is 18.8. The second-order valence-corrected chi connectivity index (χ2v) is 7.52. The van der Waals surface area contributed by atoms with Crippen LogP contribution in [0, 0.1) is 11.3 Å². The predicted octanol–water partition coefficient (Wildman–Crippen LogP) is 5.60. The quantitative estimate of drug-likeness (QED) is 0.617. The van der Waals surface area contributed by atoms with Crippen molar-refractivity contribution in [2.75, 3.05) is 7.11 Å². The third-order valence-electron chi connectivity index (χ3n) is 5.70. The van der Waals surface area contributed by atoms with Gasteiger partial charge in [-0.1, -0.05) is 60.7 Å². The zero-order valence-corrected chi connectivity index (χ0v) is 17.0. The number of rotatable bonds is 3. The van der Waals surface area contributed by atoms with Crippen LogP contribution < -0.4 is 15.2 Å². The highest BCUT2D eigenvalue weighted by Crippen LogP contribution is 2.47. The van der Waals surface area contributed by atoms with Gasteiger partial charge in [-0.3, -0.25) is 0 Å². The maximum atomic E-state index is 9.89. The Labute approximate surface area is 180 Å². The number of allylic oxidation sites excluding steroid dienone is 6. The normalized spacial score (nSPS) is 18.5. The number of hydrogen-bond donors (Lipinski definition) is 1. The first-order chi connectivity index (χ1) is 15.2. The Balaban J connectivity index is 1.62. The van der Waals surface area contributed by atoms with Crippen molar-refractivity contribution in [3.05, 3.63) is 113 Å². The molecule has 0 fully saturated rings. The SMILES string of the molecule is COc1ccc(/C=C2\C=CC(C3C(C#N)=C(N)Oc4ccc5ccccc5c43)=C2)cc1. The van der Waals surface area contributed by atoms with Crippen molar-refractivity contribution in [1.82, 2.24) is 0 Å². The molecule has 150 valence electrons. The summed E-state index contributed by atoms with van der Waals surface area (Å²) in [7, 11) is 1.66. The third kappa shape index (κ3) is 3.27. The molecule has 0 aromatic heterocycles. The minimum absolute atomic E-state index is 0.164. The van der Waals surface area contributed by atoms with E-state index in [4.69, 9.17) is 15.2 Å². The highest BCUT2D eigenvalue weighted by molar-refractivity contribution is 5.90. The Bertz CT molecular complexity index is 1350. The van der Waals surface area contributed by atoms with Crippen molar-refractivity contribution >= 4 is 16.8 Å². The van der Waals surface area contributed by atoms with Crippen molar-refractivity contribution < 1.29 is 9.47 Å². The van der Waals surface area contributed by atoms with Crippen LogP contribution in [0.5, 0.6) is 11.5 Å². The molecule has 5 rings (SSSR count). The van der Waals surface area contributed by atoms with Crippen LogP contribution in [-0.2, 0) is 0 Å². The number of nitrogens with two attached hydrogens (primary N) is 1. The van der Waals surface area contributed by atoms with E-state index in [0.29, 0.717) is 11.3 Å². The lowest BCUT2D eigenvalue weighted by atomic mass is 9.81. The van der Waals surface area contributed by atoms with Crippen LogP contribution in [0.1, 0.15) is 17.0 Å². The minimum Gasteiger partial charge on any atom is -0.497 e. The van der Waals surface area contributed by atoms with E-state index < -0.39 is 0 Å². The lowest BCUT2D eigenvalue weighted by Crippen LogP contribution is -2.21. The Hall–Kier alpha value is -4.23. The summed E-state index contributed by atoms with van der Waals surface area (Å²) in [6.45, 7) is 0. The third-order valence-corrected chi connectivity index (χ3v) is 5.70. The first-order valence-corrected chi connectivity index (χ1v) is 10.0. The molecule has 4 nitrogen and oxygen atoms in total. The number of hydrogen-bond acceptors (Lipinski definition) is 4. The smallest absolute Gasteiger partial charge is 0.205 e. The number of benzene rings is 3. The number of fused-ring (bicyclic) bond motifs is 3. The average molecular weight is 404 g/mol. The van der Waals surface area contributed by atoms with Crippen LogP contribution in [0.15, 0.2) is 101 Å². The van der Waals surface area contributed by atoms with E-state index in [0.717, 1.165) is 38.8 Å². The maximum Gasteiger partial charge on any atom is 0.205 e. The van der Waals surface area contributed by atoms with Crippen molar-refractivity contribution in [2.45, 2.75) is 5.92 Å². The van der Waals surface area contributed by atoms with Gasteiger partial charge in [-0.25, -0.2) is 0 Å². The zero-order valence-electron chi connectivity index (χ0n) is 17.0.